The SMILES string of the molecule is COc1cccc(NC(=O)NCC2CCN(Cc3ccsc3)CC2)c1. The molecule has 0 saturated carbocycles. The molecule has 0 atom stereocenters. The van der Waals surface area contributed by atoms with Crippen LogP contribution in [0.4, 0.5) is 10.5 Å². The number of anilines is 1. The number of benzene rings is 1. The van der Waals surface area contributed by atoms with Gasteiger partial charge in [-0.1, -0.05) is 6.07 Å². The fraction of sp³-hybridized carbons (Fsp3) is 0.421. The quantitative estimate of drug-likeness (QED) is 0.825. The van der Waals surface area contributed by atoms with Gasteiger partial charge in [-0.05, 0) is 66.4 Å². The van der Waals surface area contributed by atoms with Crippen molar-refractivity contribution in [2.75, 3.05) is 32.1 Å². The normalized spacial score (nSPS) is 15.7. The Kier molecular flexibility index (Phi) is 6.30. The van der Waals surface area contributed by atoms with Crippen LogP contribution in [0.1, 0.15) is 18.4 Å². The summed E-state index contributed by atoms with van der Waals surface area (Å²) in [6, 6.07) is 9.41. The van der Waals surface area contributed by atoms with Crippen molar-refractivity contribution in [1.82, 2.24) is 10.2 Å². The molecule has 25 heavy (non-hydrogen) atoms. The second-order valence-electron chi connectivity index (χ2n) is 6.42. The number of ether oxygens (including phenoxy) is 1. The van der Waals surface area contributed by atoms with Gasteiger partial charge in [-0.2, -0.15) is 11.3 Å². The molecule has 1 aromatic heterocycles. The van der Waals surface area contributed by atoms with E-state index in [-0.39, 0.29) is 6.03 Å². The summed E-state index contributed by atoms with van der Waals surface area (Å²) in [5.74, 6) is 1.28. The number of amides is 2. The fourth-order valence-corrected chi connectivity index (χ4v) is 3.76. The summed E-state index contributed by atoms with van der Waals surface area (Å²) in [6.45, 7) is 3.96. The van der Waals surface area contributed by atoms with Crippen molar-refractivity contribution < 1.29 is 9.53 Å². The first-order valence-electron chi connectivity index (χ1n) is 8.65. The lowest BCUT2D eigenvalue weighted by Gasteiger charge is -2.31. The Bertz CT molecular complexity index is 667. The van der Waals surface area contributed by atoms with E-state index in [0.717, 1.165) is 50.5 Å². The smallest absolute Gasteiger partial charge is 0.319 e. The Hall–Kier alpha value is -2.05. The summed E-state index contributed by atoms with van der Waals surface area (Å²) in [5.41, 5.74) is 2.14. The molecule has 3 rings (SSSR count). The first kappa shape index (κ1) is 17.8. The van der Waals surface area contributed by atoms with Crippen molar-refractivity contribution >= 4 is 23.1 Å². The molecule has 0 radical (unpaired) electrons. The zero-order chi connectivity index (χ0) is 17.5. The van der Waals surface area contributed by atoms with Gasteiger partial charge in [-0.25, -0.2) is 4.79 Å². The number of thiophene rings is 1. The standard InChI is InChI=1S/C19H25N3O2S/c1-24-18-4-2-3-17(11-18)21-19(23)20-12-15-5-8-22(9-6-15)13-16-7-10-25-14-16/h2-4,7,10-11,14-15H,5-6,8-9,12-13H2,1H3,(H2,20,21,23). The number of methoxy groups -OCH3 is 1. The summed E-state index contributed by atoms with van der Waals surface area (Å²) in [6.07, 6.45) is 2.26. The molecule has 2 aromatic rings. The molecule has 5 nitrogen and oxygen atoms in total. The molecule has 1 saturated heterocycles. The van der Waals surface area contributed by atoms with Crippen molar-refractivity contribution in [3.63, 3.8) is 0 Å². The first-order valence-corrected chi connectivity index (χ1v) is 9.59. The molecule has 2 N–H and O–H groups in total. The van der Waals surface area contributed by atoms with Crippen LogP contribution >= 0.6 is 11.3 Å². The summed E-state index contributed by atoms with van der Waals surface area (Å²) in [4.78, 5) is 14.6. The highest BCUT2D eigenvalue weighted by molar-refractivity contribution is 7.07. The topological polar surface area (TPSA) is 53.6 Å². The van der Waals surface area contributed by atoms with Crippen LogP contribution in [0.15, 0.2) is 41.1 Å². The van der Waals surface area contributed by atoms with E-state index in [1.54, 1.807) is 18.4 Å². The third-order valence-electron chi connectivity index (χ3n) is 4.57. The molecule has 1 aliphatic rings. The Balaban J connectivity index is 1.37. The number of urea groups is 1. The van der Waals surface area contributed by atoms with Crippen LogP contribution in [-0.2, 0) is 6.54 Å². The summed E-state index contributed by atoms with van der Waals surface area (Å²) < 4.78 is 5.16. The highest BCUT2D eigenvalue weighted by Crippen LogP contribution is 2.20. The van der Waals surface area contributed by atoms with Gasteiger partial charge in [0.05, 0.1) is 7.11 Å². The van der Waals surface area contributed by atoms with Gasteiger partial charge >= 0.3 is 6.03 Å². The maximum atomic E-state index is 12.1. The number of nitrogens with zero attached hydrogens (tertiary/aromatic N) is 1. The Morgan fingerprint density at radius 1 is 1.32 bits per heavy atom. The minimum atomic E-state index is -0.158. The van der Waals surface area contributed by atoms with Gasteiger partial charge in [0.15, 0.2) is 0 Å². The average molecular weight is 359 g/mol. The highest BCUT2D eigenvalue weighted by atomic mass is 32.1. The second kappa shape index (κ2) is 8.87. The lowest BCUT2D eigenvalue weighted by molar-refractivity contribution is 0.176. The van der Waals surface area contributed by atoms with E-state index in [4.69, 9.17) is 4.74 Å². The molecule has 0 bridgehead atoms. The van der Waals surface area contributed by atoms with Crippen molar-refractivity contribution in [2.45, 2.75) is 19.4 Å². The lowest BCUT2D eigenvalue weighted by Crippen LogP contribution is -2.39. The van der Waals surface area contributed by atoms with Gasteiger partial charge in [0.2, 0.25) is 0 Å². The van der Waals surface area contributed by atoms with E-state index < -0.39 is 0 Å². The van der Waals surface area contributed by atoms with E-state index in [0.29, 0.717) is 5.92 Å². The van der Waals surface area contributed by atoms with Crippen molar-refractivity contribution in [1.29, 1.82) is 0 Å². The van der Waals surface area contributed by atoms with Gasteiger partial charge in [-0.15, -0.1) is 0 Å². The zero-order valence-corrected chi connectivity index (χ0v) is 15.3. The van der Waals surface area contributed by atoms with Crippen molar-refractivity contribution in [2.24, 2.45) is 5.92 Å². The van der Waals surface area contributed by atoms with Crippen LogP contribution in [0.25, 0.3) is 0 Å². The molecule has 2 amide bonds. The van der Waals surface area contributed by atoms with Crippen LogP contribution in [-0.4, -0.2) is 37.7 Å². The number of rotatable bonds is 6. The fourth-order valence-electron chi connectivity index (χ4n) is 3.10. The minimum Gasteiger partial charge on any atom is -0.497 e. The molecule has 0 unspecified atom stereocenters. The van der Waals surface area contributed by atoms with Gasteiger partial charge < -0.3 is 15.4 Å². The van der Waals surface area contributed by atoms with Crippen LogP contribution < -0.4 is 15.4 Å². The van der Waals surface area contributed by atoms with Crippen molar-refractivity contribution in [3.05, 3.63) is 46.7 Å². The van der Waals surface area contributed by atoms with E-state index in [2.05, 4.69) is 32.4 Å². The number of hydrogen-bond donors (Lipinski definition) is 2. The van der Waals surface area contributed by atoms with Crippen LogP contribution in [0.3, 0.4) is 0 Å². The summed E-state index contributed by atoms with van der Waals surface area (Å²) >= 11 is 1.75. The van der Waals surface area contributed by atoms with Crippen LogP contribution in [0.2, 0.25) is 0 Å². The molecule has 1 aliphatic heterocycles. The molecular formula is C19H25N3O2S. The Morgan fingerprint density at radius 3 is 2.88 bits per heavy atom. The lowest BCUT2D eigenvalue weighted by atomic mass is 9.96. The first-order chi connectivity index (χ1) is 12.2. The van der Waals surface area contributed by atoms with Gasteiger partial charge in [0.1, 0.15) is 5.75 Å². The molecule has 2 heterocycles. The Labute approximate surface area is 153 Å². The van der Waals surface area contributed by atoms with Crippen LogP contribution in [0, 0.1) is 5.92 Å². The van der Waals surface area contributed by atoms with E-state index in [1.807, 2.05) is 24.3 Å². The van der Waals surface area contributed by atoms with Gasteiger partial charge in [-0.3, -0.25) is 4.90 Å². The molecule has 6 heteroatoms. The van der Waals surface area contributed by atoms with Gasteiger partial charge in [0.25, 0.3) is 0 Å². The summed E-state index contributed by atoms with van der Waals surface area (Å²) in [5, 5.41) is 10.2. The number of hydrogen-bond acceptors (Lipinski definition) is 4. The highest BCUT2D eigenvalue weighted by Gasteiger charge is 2.19. The minimum absolute atomic E-state index is 0.158. The monoisotopic (exact) mass is 359 g/mol. The molecule has 1 fully saturated rings. The average Bonchev–Trinajstić information content (AvgIpc) is 3.14. The van der Waals surface area contributed by atoms with E-state index in [1.165, 1.54) is 5.56 Å². The predicted molar refractivity (Wildman–Crippen MR) is 102 cm³/mol. The molecular weight excluding hydrogens is 334 g/mol. The zero-order valence-electron chi connectivity index (χ0n) is 14.5. The second-order valence-corrected chi connectivity index (χ2v) is 7.20. The Morgan fingerprint density at radius 2 is 2.16 bits per heavy atom. The number of carbonyl (C=O) groups is 1. The molecule has 134 valence electrons. The number of piperidine rings is 1. The van der Waals surface area contributed by atoms with Crippen LogP contribution in [0.5, 0.6) is 5.75 Å². The molecule has 0 spiro atoms. The van der Waals surface area contributed by atoms with E-state index >= 15 is 0 Å². The third kappa shape index (κ3) is 5.47. The third-order valence-corrected chi connectivity index (χ3v) is 5.30. The largest absolute Gasteiger partial charge is 0.497 e. The predicted octanol–water partition coefficient (Wildman–Crippen LogP) is 3.79. The number of likely N-dealkylation sites (tertiary alicyclic amines) is 1. The van der Waals surface area contributed by atoms with Crippen molar-refractivity contribution in [3.8, 4) is 5.75 Å². The number of nitrogens with one attached hydrogen (secondary N) is 2. The maximum absolute atomic E-state index is 12.1. The molecule has 0 aliphatic carbocycles. The maximum Gasteiger partial charge on any atom is 0.319 e. The van der Waals surface area contributed by atoms with E-state index in [9.17, 15) is 4.79 Å². The molecule has 1 aromatic carbocycles. The number of carbonyl (C=O) groups excluding carboxylic acids is 1. The summed E-state index contributed by atoms with van der Waals surface area (Å²) in [7, 11) is 1.62. The van der Waals surface area contributed by atoms with Gasteiger partial charge in [0, 0.05) is 24.8 Å².